The van der Waals surface area contributed by atoms with E-state index in [1.807, 2.05) is 0 Å². The largest absolute Gasteiger partial charge is 0.312 e. The second kappa shape index (κ2) is 7.43. The third kappa shape index (κ3) is 3.72. The summed E-state index contributed by atoms with van der Waals surface area (Å²) >= 11 is 12.2. The Kier molecular flexibility index (Phi) is 5.54. The molecule has 27 heavy (non-hydrogen) atoms. The zero-order valence-corrected chi connectivity index (χ0v) is 17.6. The lowest BCUT2D eigenvalue weighted by molar-refractivity contribution is -0.116. The second-order valence-electron chi connectivity index (χ2n) is 6.57. The summed E-state index contributed by atoms with van der Waals surface area (Å²) in [6.45, 7) is 3.85. The Balaban J connectivity index is 1.93. The molecule has 0 N–H and O–H groups in total. The van der Waals surface area contributed by atoms with Gasteiger partial charge in [-0.05, 0) is 54.8 Å². The molecule has 1 amide bonds. The summed E-state index contributed by atoms with van der Waals surface area (Å²) in [6, 6.07) is 9.44. The van der Waals surface area contributed by atoms with Crippen molar-refractivity contribution in [2.24, 2.45) is 0 Å². The third-order valence-electron chi connectivity index (χ3n) is 4.96. The van der Waals surface area contributed by atoms with Crippen LogP contribution in [-0.2, 0) is 21.2 Å². The van der Waals surface area contributed by atoms with E-state index >= 15 is 0 Å². The van der Waals surface area contributed by atoms with Crippen molar-refractivity contribution >= 4 is 44.8 Å². The van der Waals surface area contributed by atoms with Gasteiger partial charge in [0, 0.05) is 42.3 Å². The maximum Gasteiger partial charge on any atom is 0.243 e. The summed E-state index contributed by atoms with van der Waals surface area (Å²) in [5.41, 5.74) is 2.31. The average molecular weight is 427 g/mol. The first-order valence-electron chi connectivity index (χ1n) is 8.47. The van der Waals surface area contributed by atoms with Crippen LogP contribution in [0, 0.1) is 0 Å². The molecule has 0 spiro atoms. The third-order valence-corrected chi connectivity index (χ3v) is 7.45. The number of carbonyl (C=O) groups is 1. The normalized spacial score (nSPS) is 15.1. The van der Waals surface area contributed by atoms with Crippen LogP contribution in [-0.4, -0.2) is 32.2 Å². The molecule has 1 aliphatic heterocycles. The van der Waals surface area contributed by atoms with Crippen molar-refractivity contribution in [3.8, 4) is 0 Å². The fourth-order valence-electron chi connectivity index (χ4n) is 3.28. The van der Waals surface area contributed by atoms with E-state index in [2.05, 4.69) is 0 Å². The SMILES string of the molecule is CC(=O)N1CCc2cc(S(=O)(=O)N(C)C(C)c3ccc(Cl)cc3Cl)ccc21. The van der Waals surface area contributed by atoms with Crippen molar-refractivity contribution in [1.29, 1.82) is 0 Å². The number of halogens is 2. The van der Waals surface area contributed by atoms with Crippen LogP contribution in [0.25, 0.3) is 0 Å². The van der Waals surface area contributed by atoms with Gasteiger partial charge in [0.1, 0.15) is 0 Å². The van der Waals surface area contributed by atoms with Crippen LogP contribution in [0.4, 0.5) is 5.69 Å². The molecular formula is C19H20Cl2N2O3S. The number of nitrogens with zero attached hydrogens (tertiary/aromatic N) is 2. The molecule has 2 aromatic rings. The van der Waals surface area contributed by atoms with Gasteiger partial charge in [-0.15, -0.1) is 0 Å². The molecule has 1 unspecified atom stereocenters. The second-order valence-corrected chi connectivity index (χ2v) is 9.42. The highest BCUT2D eigenvalue weighted by Crippen LogP contribution is 2.34. The van der Waals surface area contributed by atoms with Crippen molar-refractivity contribution in [3.05, 3.63) is 57.6 Å². The number of fused-ring (bicyclic) bond motifs is 1. The van der Waals surface area contributed by atoms with Crippen LogP contribution in [0.3, 0.4) is 0 Å². The van der Waals surface area contributed by atoms with Crippen LogP contribution in [0.15, 0.2) is 41.3 Å². The lowest BCUT2D eigenvalue weighted by Crippen LogP contribution is -2.30. The van der Waals surface area contributed by atoms with Crippen molar-refractivity contribution in [3.63, 3.8) is 0 Å². The fourth-order valence-corrected chi connectivity index (χ4v) is 5.24. The molecule has 0 radical (unpaired) electrons. The monoisotopic (exact) mass is 426 g/mol. The first kappa shape index (κ1) is 20.1. The highest BCUT2D eigenvalue weighted by Gasteiger charge is 2.30. The Labute approximate surface area is 169 Å². The number of benzene rings is 2. The molecule has 1 atom stereocenters. The number of rotatable bonds is 4. The first-order chi connectivity index (χ1) is 12.6. The van der Waals surface area contributed by atoms with E-state index in [1.54, 1.807) is 48.2 Å². The summed E-state index contributed by atoms with van der Waals surface area (Å²) in [5, 5.41) is 0.915. The maximum atomic E-state index is 13.1. The number of hydrogen-bond acceptors (Lipinski definition) is 3. The van der Waals surface area contributed by atoms with Gasteiger partial charge >= 0.3 is 0 Å². The predicted octanol–water partition coefficient (Wildman–Crippen LogP) is 4.28. The Hall–Kier alpha value is -1.60. The zero-order valence-electron chi connectivity index (χ0n) is 15.2. The van der Waals surface area contributed by atoms with Crippen molar-refractivity contribution in [1.82, 2.24) is 4.31 Å². The standard InChI is InChI=1S/C19H20Cl2N2O3S/c1-12(17-6-4-15(20)11-18(17)21)22(3)27(25,26)16-5-7-19-14(10-16)8-9-23(19)13(2)24/h4-7,10-12H,8-9H2,1-3H3. The topological polar surface area (TPSA) is 57.7 Å². The van der Waals surface area contributed by atoms with Crippen LogP contribution in [0.2, 0.25) is 10.0 Å². The van der Waals surface area contributed by atoms with Gasteiger partial charge in [-0.1, -0.05) is 29.3 Å². The summed E-state index contributed by atoms with van der Waals surface area (Å²) in [7, 11) is -2.21. The minimum Gasteiger partial charge on any atom is -0.312 e. The Morgan fingerprint density at radius 3 is 2.52 bits per heavy atom. The summed E-state index contributed by atoms with van der Waals surface area (Å²) < 4.78 is 27.5. The molecule has 0 aromatic heterocycles. The molecule has 8 heteroatoms. The average Bonchev–Trinajstić information content (AvgIpc) is 3.04. The molecule has 0 bridgehead atoms. The zero-order chi connectivity index (χ0) is 19.9. The molecule has 144 valence electrons. The number of sulfonamides is 1. The van der Waals surface area contributed by atoms with Gasteiger partial charge in [-0.2, -0.15) is 4.31 Å². The highest BCUT2D eigenvalue weighted by molar-refractivity contribution is 7.89. The van der Waals surface area contributed by atoms with Crippen LogP contribution >= 0.6 is 23.2 Å². The van der Waals surface area contributed by atoms with Gasteiger partial charge in [0.05, 0.1) is 4.90 Å². The van der Waals surface area contributed by atoms with Gasteiger partial charge in [0.2, 0.25) is 15.9 Å². The van der Waals surface area contributed by atoms with Crippen LogP contribution < -0.4 is 4.90 Å². The van der Waals surface area contributed by atoms with Gasteiger partial charge < -0.3 is 4.90 Å². The number of anilines is 1. The Bertz CT molecular complexity index is 1010. The van der Waals surface area contributed by atoms with E-state index < -0.39 is 16.1 Å². The van der Waals surface area contributed by atoms with Gasteiger partial charge in [0.25, 0.3) is 0 Å². The minimum atomic E-state index is -3.73. The number of hydrogen-bond donors (Lipinski definition) is 0. The predicted molar refractivity (Wildman–Crippen MR) is 108 cm³/mol. The quantitative estimate of drug-likeness (QED) is 0.732. The lowest BCUT2D eigenvalue weighted by atomic mass is 10.1. The van der Waals surface area contributed by atoms with Crippen molar-refractivity contribution in [2.75, 3.05) is 18.5 Å². The fraction of sp³-hybridized carbons (Fsp3) is 0.316. The van der Waals surface area contributed by atoms with E-state index in [9.17, 15) is 13.2 Å². The Morgan fingerprint density at radius 1 is 1.19 bits per heavy atom. The first-order valence-corrected chi connectivity index (χ1v) is 10.7. The van der Waals surface area contributed by atoms with Gasteiger partial charge in [-0.25, -0.2) is 8.42 Å². The van der Waals surface area contributed by atoms with E-state index in [0.29, 0.717) is 28.6 Å². The van der Waals surface area contributed by atoms with Gasteiger partial charge in [-0.3, -0.25) is 4.79 Å². The minimum absolute atomic E-state index is 0.0486. The molecule has 0 aliphatic carbocycles. The van der Waals surface area contributed by atoms with Gasteiger partial charge in [0.15, 0.2) is 0 Å². The van der Waals surface area contributed by atoms with E-state index in [1.165, 1.54) is 18.3 Å². The van der Waals surface area contributed by atoms with Crippen LogP contribution in [0.5, 0.6) is 0 Å². The molecule has 5 nitrogen and oxygen atoms in total. The molecule has 0 fully saturated rings. The lowest BCUT2D eigenvalue weighted by Gasteiger charge is -2.26. The van der Waals surface area contributed by atoms with Crippen LogP contribution in [0.1, 0.15) is 31.0 Å². The molecule has 0 saturated heterocycles. The van der Waals surface area contributed by atoms with E-state index in [4.69, 9.17) is 23.2 Å². The van der Waals surface area contributed by atoms with Crippen molar-refractivity contribution in [2.45, 2.75) is 31.2 Å². The molecular weight excluding hydrogens is 407 g/mol. The summed E-state index contributed by atoms with van der Waals surface area (Å²) in [4.78, 5) is 13.5. The summed E-state index contributed by atoms with van der Waals surface area (Å²) in [6.07, 6.45) is 0.639. The molecule has 1 aliphatic rings. The van der Waals surface area contributed by atoms with Crippen molar-refractivity contribution < 1.29 is 13.2 Å². The summed E-state index contributed by atoms with van der Waals surface area (Å²) in [5.74, 6) is -0.0486. The molecule has 1 heterocycles. The number of carbonyl (C=O) groups excluding carboxylic acids is 1. The molecule has 0 saturated carbocycles. The van der Waals surface area contributed by atoms with E-state index in [0.717, 1.165) is 11.3 Å². The molecule has 3 rings (SSSR count). The maximum absolute atomic E-state index is 13.1. The van der Waals surface area contributed by atoms with E-state index in [-0.39, 0.29) is 10.8 Å². The molecule has 2 aromatic carbocycles. The highest BCUT2D eigenvalue weighted by atomic mass is 35.5. The smallest absolute Gasteiger partial charge is 0.243 e. The number of amides is 1. The Morgan fingerprint density at radius 2 is 1.89 bits per heavy atom.